The summed E-state index contributed by atoms with van der Waals surface area (Å²) in [5.74, 6) is -1.06. The van der Waals surface area contributed by atoms with Crippen LogP contribution in [0.15, 0.2) is 28.7 Å². The van der Waals surface area contributed by atoms with Crippen LogP contribution in [0.2, 0.25) is 0 Å². The Bertz CT molecular complexity index is 497. The quantitative estimate of drug-likeness (QED) is 0.753. The van der Waals surface area contributed by atoms with Gasteiger partial charge in [-0.15, -0.1) is 0 Å². The molecule has 1 atom stereocenters. The van der Waals surface area contributed by atoms with Crippen LogP contribution in [0.1, 0.15) is 20.8 Å². The first-order valence-corrected chi connectivity index (χ1v) is 7.18. The Morgan fingerprint density at radius 2 is 1.86 bits per heavy atom. The normalized spacial score (nSPS) is 12.4. The number of rotatable bonds is 5. The number of hydrogen-bond donors (Lipinski definition) is 3. The molecule has 116 valence electrons. The minimum absolute atomic E-state index is 0.0830. The summed E-state index contributed by atoms with van der Waals surface area (Å²) in [5, 5.41) is 14.4. The number of carboxylic acids is 1. The van der Waals surface area contributed by atoms with Gasteiger partial charge in [0.2, 0.25) is 0 Å². The Kier molecular flexibility index (Phi) is 6.02. The zero-order valence-corrected chi connectivity index (χ0v) is 13.7. The second kappa shape index (κ2) is 7.31. The van der Waals surface area contributed by atoms with E-state index in [4.69, 9.17) is 4.74 Å². The van der Waals surface area contributed by atoms with E-state index in [0.29, 0.717) is 5.69 Å². The predicted octanol–water partition coefficient (Wildman–Crippen LogP) is 2.84. The number of anilines is 1. The maximum absolute atomic E-state index is 11.5. The van der Waals surface area contributed by atoms with Gasteiger partial charge >= 0.3 is 12.1 Å². The van der Waals surface area contributed by atoms with Gasteiger partial charge in [0.25, 0.3) is 0 Å². The second-order valence-electron chi connectivity index (χ2n) is 5.42. The fraction of sp³-hybridized carbons (Fsp3) is 0.429. The molecular weight excluding hydrogens is 340 g/mol. The summed E-state index contributed by atoms with van der Waals surface area (Å²) < 4.78 is 5.95. The van der Waals surface area contributed by atoms with Crippen LogP contribution in [0, 0.1) is 0 Å². The topological polar surface area (TPSA) is 87.7 Å². The molecule has 21 heavy (non-hydrogen) atoms. The standard InChI is InChI=1S/C14H19BrN2O4/c1-14(2,3)21-13(20)16-8-11(12(18)19)17-10-6-4-9(15)5-7-10/h4-7,11,17H,8H2,1-3H3,(H,16,20)(H,18,19). The molecule has 6 nitrogen and oxygen atoms in total. The zero-order chi connectivity index (χ0) is 16.0. The van der Waals surface area contributed by atoms with Crippen molar-refractivity contribution in [3.8, 4) is 0 Å². The predicted molar refractivity (Wildman–Crippen MR) is 83.4 cm³/mol. The molecule has 0 spiro atoms. The lowest BCUT2D eigenvalue weighted by Crippen LogP contribution is -2.43. The SMILES string of the molecule is CC(C)(C)OC(=O)NCC(Nc1ccc(Br)cc1)C(=O)O. The van der Waals surface area contributed by atoms with E-state index in [9.17, 15) is 14.7 Å². The van der Waals surface area contributed by atoms with Gasteiger partial charge in [-0.25, -0.2) is 9.59 Å². The van der Waals surface area contributed by atoms with E-state index in [1.807, 2.05) is 0 Å². The van der Waals surface area contributed by atoms with E-state index in [1.54, 1.807) is 45.0 Å². The van der Waals surface area contributed by atoms with Crippen LogP contribution < -0.4 is 10.6 Å². The molecule has 1 aromatic carbocycles. The van der Waals surface area contributed by atoms with Crippen molar-refractivity contribution in [1.29, 1.82) is 0 Å². The lowest BCUT2D eigenvalue weighted by atomic mass is 10.2. The number of amides is 1. The molecule has 1 rings (SSSR count). The zero-order valence-electron chi connectivity index (χ0n) is 12.1. The van der Waals surface area contributed by atoms with Crippen LogP contribution >= 0.6 is 15.9 Å². The highest BCUT2D eigenvalue weighted by molar-refractivity contribution is 9.10. The number of nitrogens with one attached hydrogen (secondary N) is 2. The number of carbonyl (C=O) groups is 2. The van der Waals surface area contributed by atoms with Gasteiger partial charge in [0, 0.05) is 10.2 Å². The second-order valence-corrected chi connectivity index (χ2v) is 6.34. The molecule has 1 amide bonds. The van der Waals surface area contributed by atoms with E-state index >= 15 is 0 Å². The minimum atomic E-state index is -1.06. The van der Waals surface area contributed by atoms with Gasteiger partial charge in [0.15, 0.2) is 0 Å². The fourth-order valence-corrected chi connectivity index (χ4v) is 1.71. The summed E-state index contributed by atoms with van der Waals surface area (Å²) in [4.78, 5) is 22.7. The van der Waals surface area contributed by atoms with Gasteiger partial charge in [-0.05, 0) is 45.0 Å². The Hall–Kier alpha value is -1.76. The van der Waals surface area contributed by atoms with Gasteiger partial charge in [0.05, 0.1) is 6.54 Å². The number of benzene rings is 1. The van der Waals surface area contributed by atoms with Gasteiger partial charge in [-0.1, -0.05) is 15.9 Å². The van der Waals surface area contributed by atoms with Crippen molar-refractivity contribution < 1.29 is 19.4 Å². The third-order valence-corrected chi connectivity index (χ3v) is 2.86. The molecule has 0 fully saturated rings. The molecule has 7 heteroatoms. The van der Waals surface area contributed by atoms with Crippen molar-refractivity contribution >= 4 is 33.7 Å². The minimum Gasteiger partial charge on any atom is -0.480 e. The maximum Gasteiger partial charge on any atom is 0.407 e. The lowest BCUT2D eigenvalue weighted by molar-refractivity contribution is -0.137. The molecular formula is C14H19BrN2O4. The Morgan fingerprint density at radius 1 is 1.29 bits per heavy atom. The van der Waals surface area contributed by atoms with Gasteiger partial charge in [-0.3, -0.25) is 0 Å². The van der Waals surface area contributed by atoms with Crippen molar-refractivity contribution in [2.24, 2.45) is 0 Å². The highest BCUT2D eigenvalue weighted by atomic mass is 79.9. The third-order valence-electron chi connectivity index (χ3n) is 2.33. The number of alkyl carbamates (subject to hydrolysis) is 1. The van der Waals surface area contributed by atoms with Crippen molar-refractivity contribution in [3.05, 3.63) is 28.7 Å². The largest absolute Gasteiger partial charge is 0.480 e. The maximum atomic E-state index is 11.5. The summed E-state index contributed by atoms with van der Waals surface area (Å²) in [7, 11) is 0. The molecule has 0 radical (unpaired) electrons. The molecule has 0 aliphatic heterocycles. The van der Waals surface area contributed by atoms with Crippen LogP contribution in [0.3, 0.4) is 0 Å². The van der Waals surface area contributed by atoms with Crippen LogP contribution in [0.5, 0.6) is 0 Å². The smallest absolute Gasteiger partial charge is 0.407 e. The van der Waals surface area contributed by atoms with E-state index < -0.39 is 23.7 Å². The number of aliphatic carboxylic acids is 1. The average Bonchev–Trinajstić information content (AvgIpc) is 2.34. The van der Waals surface area contributed by atoms with Crippen molar-refractivity contribution in [3.63, 3.8) is 0 Å². The molecule has 0 heterocycles. The lowest BCUT2D eigenvalue weighted by Gasteiger charge is -2.21. The van der Waals surface area contributed by atoms with Crippen molar-refractivity contribution in [2.45, 2.75) is 32.4 Å². The van der Waals surface area contributed by atoms with E-state index in [1.165, 1.54) is 0 Å². The van der Waals surface area contributed by atoms with Crippen LogP contribution in [-0.2, 0) is 9.53 Å². The first-order chi connectivity index (χ1) is 9.67. The average molecular weight is 359 g/mol. The number of hydrogen-bond acceptors (Lipinski definition) is 4. The molecule has 0 saturated heterocycles. The summed E-state index contributed by atoms with van der Waals surface area (Å²) in [6, 6.07) is 6.13. The molecule has 0 aliphatic rings. The summed E-state index contributed by atoms with van der Waals surface area (Å²) >= 11 is 3.30. The first-order valence-electron chi connectivity index (χ1n) is 6.39. The molecule has 0 bridgehead atoms. The summed E-state index contributed by atoms with van der Waals surface area (Å²) in [6.07, 6.45) is -0.647. The Morgan fingerprint density at radius 3 is 2.33 bits per heavy atom. The molecule has 3 N–H and O–H groups in total. The highest BCUT2D eigenvalue weighted by Gasteiger charge is 2.21. The van der Waals surface area contributed by atoms with E-state index in [2.05, 4.69) is 26.6 Å². The third kappa shape index (κ3) is 6.99. The Labute approximate surface area is 132 Å². The van der Waals surface area contributed by atoms with Crippen LogP contribution in [-0.4, -0.2) is 35.4 Å². The number of ether oxygens (including phenoxy) is 1. The monoisotopic (exact) mass is 358 g/mol. The molecule has 0 saturated carbocycles. The first kappa shape index (κ1) is 17.3. The molecule has 1 unspecified atom stereocenters. The van der Waals surface area contributed by atoms with Crippen LogP contribution in [0.25, 0.3) is 0 Å². The number of carbonyl (C=O) groups excluding carboxylic acids is 1. The number of halogens is 1. The number of carboxylic acid groups (broad SMARTS) is 1. The molecule has 1 aromatic rings. The van der Waals surface area contributed by atoms with Gasteiger partial charge in [0.1, 0.15) is 11.6 Å². The van der Waals surface area contributed by atoms with E-state index in [0.717, 1.165) is 4.47 Å². The van der Waals surface area contributed by atoms with Gasteiger partial charge < -0.3 is 20.5 Å². The fourth-order valence-electron chi connectivity index (χ4n) is 1.45. The van der Waals surface area contributed by atoms with Crippen molar-refractivity contribution in [1.82, 2.24) is 5.32 Å². The highest BCUT2D eigenvalue weighted by Crippen LogP contribution is 2.15. The molecule has 0 aromatic heterocycles. The summed E-state index contributed by atoms with van der Waals surface area (Å²) in [5.41, 5.74) is 0.0265. The van der Waals surface area contributed by atoms with E-state index in [-0.39, 0.29) is 6.54 Å². The Balaban J connectivity index is 2.56. The summed E-state index contributed by atoms with van der Waals surface area (Å²) in [6.45, 7) is 5.13. The molecule has 0 aliphatic carbocycles. The van der Waals surface area contributed by atoms with Crippen molar-refractivity contribution in [2.75, 3.05) is 11.9 Å². The van der Waals surface area contributed by atoms with Crippen LogP contribution in [0.4, 0.5) is 10.5 Å². The van der Waals surface area contributed by atoms with Gasteiger partial charge in [-0.2, -0.15) is 0 Å².